The second-order valence-corrected chi connectivity index (χ2v) is 5.60. The van der Waals surface area contributed by atoms with Crippen LogP contribution in [0.5, 0.6) is 11.5 Å². The summed E-state index contributed by atoms with van der Waals surface area (Å²) in [6.07, 6.45) is 9.66. The molecule has 1 aliphatic heterocycles. The van der Waals surface area contributed by atoms with Gasteiger partial charge in [-0.15, -0.1) is 0 Å². The highest BCUT2D eigenvalue weighted by Gasteiger charge is 2.21. The number of phenols is 2. The van der Waals surface area contributed by atoms with Crippen LogP contribution in [0.15, 0.2) is 36.4 Å². The molecule has 2 rings (SSSR count). The van der Waals surface area contributed by atoms with E-state index >= 15 is 0 Å². The number of esters is 1. The monoisotopic (exact) mass is 315 g/mol. The van der Waals surface area contributed by atoms with E-state index in [-0.39, 0.29) is 35.3 Å². The van der Waals surface area contributed by atoms with E-state index < -0.39 is 5.97 Å². The van der Waals surface area contributed by atoms with Crippen LogP contribution in [0.1, 0.15) is 42.1 Å². The number of nitrogens with one attached hydrogen (secondary N) is 1. The number of allylic oxidation sites excluding steroid dienone is 3. The molecule has 0 amide bonds. The molecule has 1 aromatic carbocycles. The fourth-order valence-electron chi connectivity index (χ4n) is 2.42. The Morgan fingerprint density at radius 1 is 1.17 bits per heavy atom. The quantitative estimate of drug-likeness (QED) is 0.505. The number of benzene rings is 1. The van der Waals surface area contributed by atoms with Crippen LogP contribution in [0, 0.1) is 5.41 Å². The summed E-state index contributed by atoms with van der Waals surface area (Å²) in [5, 5.41) is 27.7. The Bertz CT molecular complexity index is 661. The number of carbonyl (C=O) groups excluding carboxylic acids is 1. The predicted octanol–water partition coefficient (Wildman–Crippen LogP) is 3.50. The van der Waals surface area contributed by atoms with E-state index in [9.17, 15) is 15.0 Å². The predicted molar refractivity (Wildman–Crippen MR) is 88.2 cm³/mol. The zero-order chi connectivity index (χ0) is 16.8. The SMILES string of the molecule is CC1C/C=C/CC/C=C/C(=N)Cc2cc(O)cc(O)c2C(=O)O1. The van der Waals surface area contributed by atoms with Gasteiger partial charge in [0.05, 0.1) is 0 Å². The second-order valence-electron chi connectivity index (χ2n) is 5.60. The fourth-order valence-corrected chi connectivity index (χ4v) is 2.42. The molecule has 0 bridgehead atoms. The third-order valence-electron chi connectivity index (χ3n) is 3.53. The molecule has 122 valence electrons. The highest BCUT2D eigenvalue weighted by molar-refractivity contribution is 5.99. The van der Waals surface area contributed by atoms with Crippen LogP contribution in [0.25, 0.3) is 0 Å². The molecule has 0 saturated heterocycles. The Morgan fingerprint density at radius 3 is 2.70 bits per heavy atom. The maximum absolute atomic E-state index is 12.3. The number of rotatable bonds is 0. The van der Waals surface area contributed by atoms with Crippen molar-refractivity contribution in [3.63, 3.8) is 0 Å². The Kier molecular flexibility index (Phi) is 5.57. The van der Waals surface area contributed by atoms with Gasteiger partial charge in [-0.3, -0.25) is 0 Å². The number of carbonyl (C=O) groups is 1. The summed E-state index contributed by atoms with van der Waals surface area (Å²) in [5.41, 5.74) is 0.675. The van der Waals surface area contributed by atoms with E-state index in [0.29, 0.717) is 12.0 Å². The van der Waals surface area contributed by atoms with E-state index in [1.807, 2.05) is 18.2 Å². The molecule has 1 unspecified atom stereocenters. The maximum Gasteiger partial charge on any atom is 0.342 e. The minimum Gasteiger partial charge on any atom is -0.508 e. The van der Waals surface area contributed by atoms with Crippen LogP contribution >= 0.6 is 0 Å². The van der Waals surface area contributed by atoms with Crippen LogP contribution < -0.4 is 0 Å². The summed E-state index contributed by atoms with van der Waals surface area (Å²) in [7, 11) is 0. The Hall–Kier alpha value is -2.56. The van der Waals surface area contributed by atoms with Gasteiger partial charge in [0.1, 0.15) is 23.2 Å². The van der Waals surface area contributed by atoms with Crippen molar-refractivity contribution in [2.24, 2.45) is 0 Å². The second kappa shape index (κ2) is 7.63. The molecule has 0 saturated carbocycles. The standard InChI is InChI=1S/C18H21NO4/c1-12-7-5-3-2-4-6-8-14(19)9-13-10-15(20)11-16(21)17(13)18(22)23-12/h3,5-6,8,10-12,19-21H,2,4,7,9H2,1H3/b5-3+,8-6+,19-14?. The van der Waals surface area contributed by atoms with Crippen molar-refractivity contribution in [2.75, 3.05) is 0 Å². The number of cyclic esters (lactones) is 1. The lowest BCUT2D eigenvalue weighted by Crippen LogP contribution is -2.17. The summed E-state index contributed by atoms with van der Waals surface area (Å²) < 4.78 is 5.36. The largest absolute Gasteiger partial charge is 0.508 e. The van der Waals surface area contributed by atoms with Crippen molar-refractivity contribution >= 4 is 11.7 Å². The molecule has 5 heteroatoms. The molecular formula is C18H21NO4. The smallest absolute Gasteiger partial charge is 0.342 e. The lowest BCUT2D eigenvalue weighted by molar-refractivity contribution is 0.0343. The number of hydrogen-bond donors (Lipinski definition) is 3. The van der Waals surface area contributed by atoms with Gasteiger partial charge in [0.15, 0.2) is 0 Å². The number of hydrogen-bond acceptors (Lipinski definition) is 5. The van der Waals surface area contributed by atoms with Crippen LogP contribution in [0.3, 0.4) is 0 Å². The van der Waals surface area contributed by atoms with Gasteiger partial charge in [-0.1, -0.05) is 18.2 Å². The van der Waals surface area contributed by atoms with Gasteiger partial charge < -0.3 is 20.4 Å². The maximum atomic E-state index is 12.3. The zero-order valence-electron chi connectivity index (χ0n) is 13.1. The normalized spacial score (nSPS) is 22.6. The lowest BCUT2D eigenvalue weighted by Gasteiger charge is -2.15. The molecule has 5 nitrogen and oxygen atoms in total. The van der Waals surface area contributed by atoms with Gasteiger partial charge >= 0.3 is 5.97 Å². The number of fused-ring (bicyclic) bond motifs is 1. The minimum absolute atomic E-state index is 0.00818. The van der Waals surface area contributed by atoms with E-state index in [0.717, 1.165) is 18.9 Å². The third kappa shape index (κ3) is 4.71. The summed E-state index contributed by atoms with van der Waals surface area (Å²) >= 11 is 0. The summed E-state index contributed by atoms with van der Waals surface area (Å²) in [6.45, 7) is 1.78. The van der Waals surface area contributed by atoms with Gasteiger partial charge in [0.25, 0.3) is 0 Å². The van der Waals surface area contributed by atoms with Gasteiger partial charge in [-0.25, -0.2) is 4.79 Å². The topological polar surface area (TPSA) is 90.6 Å². The van der Waals surface area contributed by atoms with Crippen LogP contribution in [0.2, 0.25) is 0 Å². The van der Waals surface area contributed by atoms with E-state index in [2.05, 4.69) is 0 Å². The van der Waals surface area contributed by atoms with Crippen molar-refractivity contribution in [2.45, 2.75) is 38.7 Å². The Morgan fingerprint density at radius 2 is 1.91 bits per heavy atom. The first-order valence-electron chi connectivity index (χ1n) is 7.62. The van der Waals surface area contributed by atoms with Crippen LogP contribution in [-0.2, 0) is 11.2 Å². The number of ether oxygens (including phenoxy) is 1. The molecule has 0 aromatic heterocycles. The van der Waals surface area contributed by atoms with Crippen molar-refractivity contribution in [1.82, 2.24) is 0 Å². The highest BCUT2D eigenvalue weighted by Crippen LogP contribution is 2.29. The molecule has 0 aliphatic carbocycles. The van der Waals surface area contributed by atoms with E-state index in [1.165, 1.54) is 6.07 Å². The molecule has 3 N–H and O–H groups in total. The van der Waals surface area contributed by atoms with Crippen molar-refractivity contribution in [3.8, 4) is 11.5 Å². The summed E-state index contributed by atoms with van der Waals surface area (Å²) in [5.74, 6) is -1.13. The number of phenolic OH excluding ortho intramolecular Hbond substituents is 2. The summed E-state index contributed by atoms with van der Waals surface area (Å²) in [6, 6.07) is 2.49. The molecule has 1 aromatic rings. The Balaban J connectivity index is 2.40. The van der Waals surface area contributed by atoms with Crippen molar-refractivity contribution in [3.05, 3.63) is 47.6 Å². The molecule has 23 heavy (non-hydrogen) atoms. The molecule has 0 radical (unpaired) electrons. The van der Waals surface area contributed by atoms with Crippen LogP contribution in [-0.4, -0.2) is 28.0 Å². The van der Waals surface area contributed by atoms with Gasteiger partial charge in [0.2, 0.25) is 0 Å². The molecule has 1 aliphatic rings. The average Bonchev–Trinajstić information content (AvgIpc) is 2.44. The van der Waals surface area contributed by atoms with E-state index in [4.69, 9.17) is 10.1 Å². The lowest BCUT2D eigenvalue weighted by atomic mass is 9.99. The first-order chi connectivity index (χ1) is 11.0. The van der Waals surface area contributed by atoms with Crippen LogP contribution in [0.4, 0.5) is 0 Å². The van der Waals surface area contributed by atoms with Gasteiger partial charge in [-0.05, 0) is 37.5 Å². The van der Waals surface area contributed by atoms with Crippen molar-refractivity contribution < 1.29 is 19.7 Å². The first kappa shape index (κ1) is 16.8. The Labute approximate surface area is 135 Å². The molecule has 0 fully saturated rings. The molecule has 0 spiro atoms. The average molecular weight is 315 g/mol. The first-order valence-corrected chi connectivity index (χ1v) is 7.62. The van der Waals surface area contributed by atoms with Crippen molar-refractivity contribution in [1.29, 1.82) is 5.41 Å². The highest BCUT2D eigenvalue weighted by atomic mass is 16.5. The van der Waals surface area contributed by atoms with Gasteiger partial charge in [0, 0.05) is 24.6 Å². The molecule has 1 atom stereocenters. The molecular weight excluding hydrogens is 294 g/mol. The number of aromatic hydroxyl groups is 2. The molecule has 1 heterocycles. The zero-order valence-corrected chi connectivity index (χ0v) is 13.1. The van der Waals surface area contributed by atoms with Gasteiger partial charge in [-0.2, -0.15) is 0 Å². The summed E-state index contributed by atoms with van der Waals surface area (Å²) in [4.78, 5) is 12.3. The minimum atomic E-state index is -0.646. The van der Waals surface area contributed by atoms with E-state index in [1.54, 1.807) is 13.0 Å². The third-order valence-corrected chi connectivity index (χ3v) is 3.53. The fraction of sp³-hybridized carbons (Fsp3) is 0.333.